The molecule has 1 heterocycles. The molecule has 0 unspecified atom stereocenters. The van der Waals surface area contributed by atoms with E-state index in [0.29, 0.717) is 13.1 Å². The van der Waals surface area contributed by atoms with Gasteiger partial charge >= 0.3 is 0 Å². The Morgan fingerprint density at radius 2 is 2.00 bits per heavy atom. The summed E-state index contributed by atoms with van der Waals surface area (Å²) in [5.41, 5.74) is 0.970. The summed E-state index contributed by atoms with van der Waals surface area (Å²) in [5.74, 6) is 0.291. The molecule has 0 bridgehead atoms. The van der Waals surface area contributed by atoms with Gasteiger partial charge < -0.3 is 15.3 Å². The van der Waals surface area contributed by atoms with Gasteiger partial charge in [-0.15, -0.1) is 0 Å². The molecule has 2 rings (SSSR count). The Labute approximate surface area is 82.2 Å². The molecule has 4 nitrogen and oxygen atoms in total. The van der Waals surface area contributed by atoms with Crippen molar-refractivity contribution in [1.29, 1.82) is 0 Å². The maximum atomic E-state index is 11.1. The lowest BCUT2D eigenvalue weighted by molar-refractivity contribution is -0.120. The Balaban J connectivity index is 2.14. The highest BCUT2D eigenvalue weighted by atomic mass is 16.3. The fraction of sp³-hybridized carbons (Fsp3) is 0.300. The maximum absolute atomic E-state index is 11.1. The van der Waals surface area contributed by atoms with Crippen molar-refractivity contribution >= 4 is 11.6 Å². The number of benzene rings is 1. The van der Waals surface area contributed by atoms with Gasteiger partial charge in [0.2, 0.25) is 5.91 Å². The molecule has 1 aromatic rings. The first-order chi connectivity index (χ1) is 6.75. The highest BCUT2D eigenvalue weighted by Crippen LogP contribution is 2.18. The second kappa shape index (κ2) is 3.57. The molecule has 0 radical (unpaired) electrons. The van der Waals surface area contributed by atoms with E-state index in [1.807, 2.05) is 17.0 Å². The van der Waals surface area contributed by atoms with Crippen molar-refractivity contribution in [3.05, 3.63) is 24.3 Å². The molecule has 0 atom stereocenters. The third-order valence-electron chi connectivity index (χ3n) is 2.25. The maximum Gasteiger partial charge on any atom is 0.239 e. The van der Waals surface area contributed by atoms with Crippen LogP contribution >= 0.6 is 0 Å². The summed E-state index contributed by atoms with van der Waals surface area (Å²) in [6.45, 7) is 1.89. The molecule has 0 spiro atoms. The van der Waals surface area contributed by atoms with Gasteiger partial charge in [0.15, 0.2) is 0 Å². The molecule has 74 valence electrons. The molecule has 1 amide bonds. The molecule has 4 heteroatoms. The van der Waals surface area contributed by atoms with Crippen LogP contribution in [0.25, 0.3) is 0 Å². The average Bonchev–Trinajstić information content (AvgIpc) is 2.19. The van der Waals surface area contributed by atoms with E-state index >= 15 is 0 Å². The van der Waals surface area contributed by atoms with E-state index in [4.69, 9.17) is 5.11 Å². The van der Waals surface area contributed by atoms with E-state index in [-0.39, 0.29) is 11.7 Å². The fourth-order valence-electron chi connectivity index (χ4n) is 1.52. The van der Waals surface area contributed by atoms with Crippen LogP contribution in [-0.4, -0.2) is 30.6 Å². The summed E-state index contributed by atoms with van der Waals surface area (Å²) in [7, 11) is 0. The Morgan fingerprint density at radius 3 is 2.64 bits per heavy atom. The number of phenols is 1. The summed E-state index contributed by atoms with van der Waals surface area (Å²) in [6.07, 6.45) is 0. The van der Waals surface area contributed by atoms with Crippen molar-refractivity contribution in [2.45, 2.75) is 0 Å². The molecular formula is C10H12N2O2. The minimum Gasteiger partial charge on any atom is -0.508 e. The lowest BCUT2D eigenvalue weighted by Gasteiger charge is -2.28. The minimum atomic E-state index is 0.0457. The minimum absolute atomic E-state index is 0.0457. The molecule has 1 aliphatic rings. The molecule has 1 saturated heterocycles. The Bertz CT molecular complexity index is 334. The molecule has 0 aliphatic carbocycles. The SMILES string of the molecule is O=C1CN(c2ccc(O)cc2)CCN1. The average molecular weight is 192 g/mol. The van der Waals surface area contributed by atoms with Crippen molar-refractivity contribution in [3.63, 3.8) is 0 Å². The van der Waals surface area contributed by atoms with Crippen LogP contribution in [0, 0.1) is 0 Å². The Kier molecular flexibility index (Phi) is 2.26. The summed E-state index contributed by atoms with van der Waals surface area (Å²) < 4.78 is 0. The topological polar surface area (TPSA) is 52.6 Å². The molecular weight excluding hydrogens is 180 g/mol. The molecule has 14 heavy (non-hydrogen) atoms. The van der Waals surface area contributed by atoms with Gasteiger partial charge in [0, 0.05) is 18.8 Å². The normalized spacial score (nSPS) is 16.6. The quantitative estimate of drug-likeness (QED) is 0.674. The van der Waals surface area contributed by atoms with Gasteiger partial charge in [-0.2, -0.15) is 0 Å². The van der Waals surface area contributed by atoms with Crippen LogP contribution in [0.3, 0.4) is 0 Å². The number of phenolic OH excluding ortho intramolecular Hbond substituents is 1. The van der Waals surface area contributed by atoms with Crippen LogP contribution in [0.15, 0.2) is 24.3 Å². The molecule has 1 aliphatic heterocycles. The highest BCUT2D eigenvalue weighted by Gasteiger charge is 2.15. The summed E-state index contributed by atoms with van der Waals surface area (Å²) in [5, 5.41) is 11.9. The number of carbonyl (C=O) groups is 1. The zero-order valence-electron chi connectivity index (χ0n) is 7.73. The van der Waals surface area contributed by atoms with Crippen LogP contribution in [0.2, 0.25) is 0 Å². The molecule has 2 N–H and O–H groups in total. The second-order valence-electron chi connectivity index (χ2n) is 3.29. The molecule has 0 saturated carbocycles. The first-order valence-electron chi connectivity index (χ1n) is 4.56. The number of piperazine rings is 1. The zero-order chi connectivity index (χ0) is 9.97. The number of hydrogen-bond donors (Lipinski definition) is 2. The number of aromatic hydroxyl groups is 1. The fourth-order valence-corrected chi connectivity index (χ4v) is 1.52. The van der Waals surface area contributed by atoms with Crippen LogP contribution in [0.5, 0.6) is 5.75 Å². The monoisotopic (exact) mass is 192 g/mol. The number of amides is 1. The number of carbonyl (C=O) groups excluding carboxylic acids is 1. The van der Waals surface area contributed by atoms with Crippen LogP contribution in [0.4, 0.5) is 5.69 Å². The van der Waals surface area contributed by atoms with Gasteiger partial charge in [0.05, 0.1) is 6.54 Å². The predicted molar refractivity (Wildman–Crippen MR) is 53.3 cm³/mol. The van der Waals surface area contributed by atoms with Gasteiger partial charge in [0.1, 0.15) is 5.75 Å². The van der Waals surface area contributed by atoms with Crippen molar-refractivity contribution in [1.82, 2.24) is 5.32 Å². The van der Waals surface area contributed by atoms with Gasteiger partial charge in [-0.3, -0.25) is 4.79 Å². The number of nitrogens with one attached hydrogen (secondary N) is 1. The van der Waals surface area contributed by atoms with Crippen LogP contribution in [0.1, 0.15) is 0 Å². The van der Waals surface area contributed by atoms with Gasteiger partial charge in [0.25, 0.3) is 0 Å². The van der Waals surface area contributed by atoms with E-state index in [0.717, 1.165) is 12.2 Å². The number of anilines is 1. The first kappa shape index (κ1) is 8.87. The second-order valence-corrected chi connectivity index (χ2v) is 3.29. The Morgan fingerprint density at radius 1 is 1.29 bits per heavy atom. The summed E-state index contributed by atoms with van der Waals surface area (Å²) in [6, 6.07) is 6.88. The smallest absolute Gasteiger partial charge is 0.239 e. The van der Waals surface area contributed by atoms with E-state index in [2.05, 4.69) is 5.32 Å². The van der Waals surface area contributed by atoms with E-state index in [9.17, 15) is 4.79 Å². The van der Waals surface area contributed by atoms with Gasteiger partial charge in [-0.05, 0) is 24.3 Å². The number of hydrogen-bond acceptors (Lipinski definition) is 3. The zero-order valence-corrected chi connectivity index (χ0v) is 7.73. The van der Waals surface area contributed by atoms with E-state index in [1.54, 1.807) is 12.1 Å². The number of rotatable bonds is 1. The van der Waals surface area contributed by atoms with Crippen molar-refractivity contribution in [2.75, 3.05) is 24.5 Å². The van der Waals surface area contributed by atoms with E-state index in [1.165, 1.54) is 0 Å². The Hall–Kier alpha value is -1.71. The van der Waals surface area contributed by atoms with Crippen molar-refractivity contribution in [2.24, 2.45) is 0 Å². The third-order valence-corrected chi connectivity index (χ3v) is 2.25. The van der Waals surface area contributed by atoms with Crippen molar-refractivity contribution < 1.29 is 9.90 Å². The largest absolute Gasteiger partial charge is 0.508 e. The predicted octanol–water partition coefficient (Wildman–Crippen LogP) is 0.328. The molecule has 1 fully saturated rings. The first-order valence-corrected chi connectivity index (χ1v) is 4.56. The van der Waals surface area contributed by atoms with Crippen LogP contribution in [-0.2, 0) is 4.79 Å². The third kappa shape index (κ3) is 1.79. The number of nitrogens with zero attached hydrogens (tertiary/aromatic N) is 1. The standard InChI is InChI=1S/C10H12N2O2/c13-9-3-1-8(2-4-9)12-6-5-11-10(14)7-12/h1-4,13H,5-7H2,(H,11,14). The van der Waals surface area contributed by atoms with Crippen molar-refractivity contribution in [3.8, 4) is 5.75 Å². The highest BCUT2D eigenvalue weighted by molar-refractivity contribution is 5.82. The summed E-state index contributed by atoms with van der Waals surface area (Å²) >= 11 is 0. The molecule has 1 aromatic carbocycles. The van der Waals surface area contributed by atoms with Gasteiger partial charge in [-0.1, -0.05) is 0 Å². The molecule has 0 aromatic heterocycles. The lowest BCUT2D eigenvalue weighted by atomic mass is 10.2. The van der Waals surface area contributed by atoms with E-state index < -0.39 is 0 Å². The summed E-state index contributed by atoms with van der Waals surface area (Å²) in [4.78, 5) is 13.1. The van der Waals surface area contributed by atoms with Gasteiger partial charge in [-0.25, -0.2) is 0 Å². The lowest BCUT2D eigenvalue weighted by Crippen LogP contribution is -2.47. The van der Waals surface area contributed by atoms with Crippen LogP contribution < -0.4 is 10.2 Å².